The molecule has 1 atom stereocenters. The van der Waals surface area contributed by atoms with Crippen molar-refractivity contribution in [2.75, 3.05) is 19.6 Å². The Bertz CT molecular complexity index is 735. The number of guanidine groups is 1. The fourth-order valence-corrected chi connectivity index (χ4v) is 3.44. The SMILES string of the molecule is CCNC(=NCC(O)c1ccc(OC(C)C)cc1)NCCc1ncc(CC)s1.I. The number of aliphatic imine (C=N–C) groups is 1. The normalized spacial score (nSPS) is 12.4. The van der Waals surface area contributed by atoms with Gasteiger partial charge in [0.25, 0.3) is 0 Å². The summed E-state index contributed by atoms with van der Waals surface area (Å²) < 4.78 is 5.64. The van der Waals surface area contributed by atoms with Crippen molar-refractivity contribution in [1.29, 1.82) is 0 Å². The van der Waals surface area contributed by atoms with E-state index in [0.717, 1.165) is 42.3 Å². The maximum atomic E-state index is 10.4. The summed E-state index contributed by atoms with van der Waals surface area (Å²) in [6.07, 6.45) is 3.31. The lowest BCUT2D eigenvalue weighted by atomic mass is 10.1. The molecule has 2 rings (SSSR count). The number of nitrogens with zero attached hydrogens (tertiary/aromatic N) is 2. The second-order valence-corrected chi connectivity index (χ2v) is 7.92. The van der Waals surface area contributed by atoms with E-state index in [2.05, 4.69) is 27.5 Å². The minimum absolute atomic E-state index is 0. The van der Waals surface area contributed by atoms with Crippen LogP contribution in [0.3, 0.4) is 0 Å². The number of ether oxygens (including phenoxy) is 1. The van der Waals surface area contributed by atoms with Crippen LogP contribution in [0.2, 0.25) is 0 Å². The van der Waals surface area contributed by atoms with Crippen LogP contribution >= 0.6 is 35.3 Å². The number of halogens is 1. The van der Waals surface area contributed by atoms with Gasteiger partial charge in [0.15, 0.2) is 5.96 Å². The lowest BCUT2D eigenvalue weighted by molar-refractivity contribution is 0.186. The summed E-state index contributed by atoms with van der Waals surface area (Å²) in [7, 11) is 0. The van der Waals surface area contributed by atoms with Crippen LogP contribution in [0, 0.1) is 0 Å². The van der Waals surface area contributed by atoms with Gasteiger partial charge in [0.05, 0.1) is 23.8 Å². The van der Waals surface area contributed by atoms with Crippen molar-refractivity contribution in [3.63, 3.8) is 0 Å². The summed E-state index contributed by atoms with van der Waals surface area (Å²) in [5.74, 6) is 1.51. The second-order valence-electron chi connectivity index (χ2n) is 6.72. The molecule has 0 saturated carbocycles. The Hall–Kier alpha value is -1.39. The topological polar surface area (TPSA) is 78.8 Å². The minimum atomic E-state index is -0.658. The Balaban J connectivity index is 0.00000420. The van der Waals surface area contributed by atoms with Gasteiger partial charge >= 0.3 is 0 Å². The third kappa shape index (κ3) is 9.31. The van der Waals surface area contributed by atoms with E-state index in [9.17, 15) is 5.11 Å². The van der Waals surface area contributed by atoms with Crippen LogP contribution in [-0.4, -0.2) is 41.8 Å². The molecule has 162 valence electrons. The summed E-state index contributed by atoms with van der Waals surface area (Å²) in [4.78, 5) is 10.3. The second kappa shape index (κ2) is 13.8. The molecule has 0 aliphatic heterocycles. The predicted octanol–water partition coefficient (Wildman–Crippen LogP) is 3.94. The third-order valence-electron chi connectivity index (χ3n) is 3.98. The minimum Gasteiger partial charge on any atom is -0.491 e. The van der Waals surface area contributed by atoms with Crippen LogP contribution in [0.4, 0.5) is 0 Å². The molecule has 0 amide bonds. The fourth-order valence-electron chi connectivity index (χ4n) is 2.58. The fraction of sp³-hybridized carbons (Fsp3) is 0.524. The number of aliphatic hydroxyl groups excluding tert-OH is 1. The highest BCUT2D eigenvalue weighted by atomic mass is 127. The quantitative estimate of drug-likeness (QED) is 0.246. The van der Waals surface area contributed by atoms with Crippen molar-refractivity contribution in [2.45, 2.75) is 52.7 Å². The van der Waals surface area contributed by atoms with E-state index >= 15 is 0 Å². The van der Waals surface area contributed by atoms with Gasteiger partial charge in [-0.1, -0.05) is 19.1 Å². The molecule has 6 nitrogen and oxygen atoms in total. The predicted molar refractivity (Wildman–Crippen MR) is 132 cm³/mol. The van der Waals surface area contributed by atoms with Gasteiger partial charge in [-0.05, 0) is 44.9 Å². The first-order valence-electron chi connectivity index (χ1n) is 9.92. The average molecular weight is 532 g/mol. The van der Waals surface area contributed by atoms with E-state index in [1.807, 2.05) is 51.2 Å². The first kappa shape index (κ1) is 25.6. The van der Waals surface area contributed by atoms with E-state index in [1.165, 1.54) is 4.88 Å². The van der Waals surface area contributed by atoms with Gasteiger partial charge in [0, 0.05) is 30.6 Å². The van der Waals surface area contributed by atoms with Crippen molar-refractivity contribution in [3.05, 3.63) is 45.9 Å². The van der Waals surface area contributed by atoms with Gasteiger partial charge in [-0.2, -0.15) is 0 Å². The van der Waals surface area contributed by atoms with E-state index in [4.69, 9.17) is 4.74 Å². The van der Waals surface area contributed by atoms with Crippen LogP contribution in [0.5, 0.6) is 5.75 Å². The van der Waals surface area contributed by atoms with Gasteiger partial charge in [-0.15, -0.1) is 35.3 Å². The van der Waals surface area contributed by atoms with Gasteiger partial charge in [-0.3, -0.25) is 4.99 Å². The molecule has 0 saturated heterocycles. The number of thiazole rings is 1. The molecule has 29 heavy (non-hydrogen) atoms. The molecule has 2 aromatic rings. The van der Waals surface area contributed by atoms with Crippen molar-refractivity contribution < 1.29 is 9.84 Å². The van der Waals surface area contributed by atoms with Gasteiger partial charge in [0.2, 0.25) is 0 Å². The van der Waals surface area contributed by atoms with Crippen LogP contribution in [0.1, 0.15) is 49.2 Å². The standard InChI is InChI=1S/C21H32N4O2S.HI/c1-5-18-13-24-20(28-18)11-12-23-21(22-6-2)25-14-19(26)16-7-9-17(10-8-16)27-15(3)4;/h7-10,13,15,19,26H,5-6,11-12,14H2,1-4H3,(H2,22,23,25);1H. The monoisotopic (exact) mass is 532 g/mol. The van der Waals surface area contributed by atoms with E-state index in [1.54, 1.807) is 11.3 Å². The van der Waals surface area contributed by atoms with Crippen LogP contribution in [0.15, 0.2) is 35.5 Å². The maximum absolute atomic E-state index is 10.4. The number of hydrogen-bond donors (Lipinski definition) is 3. The number of nitrogens with one attached hydrogen (secondary N) is 2. The van der Waals surface area contributed by atoms with Crippen LogP contribution in [0.25, 0.3) is 0 Å². The van der Waals surface area contributed by atoms with Gasteiger partial charge < -0.3 is 20.5 Å². The highest BCUT2D eigenvalue weighted by molar-refractivity contribution is 14.0. The molecular weight excluding hydrogens is 499 g/mol. The van der Waals surface area contributed by atoms with Crippen molar-refractivity contribution in [2.24, 2.45) is 4.99 Å². The summed E-state index contributed by atoms with van der Waals surface area (Å²) in [6.45, 7) is 9.95. The zero-order valence-electron chi connectivity index (χ0n) is 17.6. The number of aromatic nitrogens is 1. The molecule has 1 aromatic carbocycles. The van der Waals surface area contributed by atoms with Crippen molar-refractivity contribution >= 4 is 41.3 Å². The summed E-state index contributed by atoms with van der Waals surface area (Å²) in [5, 5.41) is 18.1. The van der Waals surface area contributed by atoms with Gasteiger partial charge in [-0.25, -0.2) is 4.98 Å². The molecule has 0 aliphatic carbocycles. The number of aryl methyl sites for hydroxylation is 1. The maximum Gasteiger partial charge on any atom is 0.191 e. The summed E-state index contributed by atoms with van der Waals surface area (Å²) in [5.41, 5.74) is 0.825. The molecule has 3 N–H and O–H groups in total. The molecule has 8 heteroatoms. The Labute approximate surface area is 195 Å². The molecule has 1 heterocycles. The largest absolute Gasteiger partial charge is 0.491 e. The Morgan fingerprint density at radius 2 is 1.93 bits per heavy atom. The van der Waals surface area contributed by atoms with E-state index < -0.39 is 6.10 Å². The number of benzene rings is 1. The average Bonchev–Trinajstić information content (AvgIpc) is 3.14. The van der Waals surface area contributed by atoms with Crippen LogP contribution < -0.4 is 15.4 Å². The number of rotatable bonds is 10. The smallest absolute Gasteiger partial charge is 0.191 e. The Kier molecular flexibility index (Phi) is 12.2. The zero-order chi connectivity index (χ0) is 20.4. The molecule has 0 spiro atoms. The molecule has 1 aromatic heterocycles. The summed E-state index contributed by atoms with van der Waals surface area (Å²) >= 11 is 1.76. The van der Waals surface area contributed by atoms with Crippen molar-refractivity contribution in [1.82, 2.24) is 15.6 Å². The van der Waals surface area contributed by atoms with Crippen LogP contribution in [-0.2, 0) is 12.8 Å². The highest BCUT2D eigenvalue weighted by Gasteiger charge is 2.09. The number of aliphatic hydroxyl groups is 1. The molecule has 0 aliphatic rings. The first-order valence-corrected chi connectivity index (χ1v) is 10.7. The molecule has 0 bridgehead atoms. The lowest BCUT2D eigenvalue weighted by Crippen LogP contribution is -2.38. The highest BCUT2D eigenvalue weighted by Crippen LogP contribution is 2.19. The molecule has 0 fully saturated rings. The van der Waals surface area contributed by atoms with E-state index in [-0.39, 0.29) is 36.6 Å². The van der Waals surface area contributed by atoms with E-state index in [0.29, 0.717) is 5.96 Å². The lowest BCUT2D eigenvalue weighted by Gasteiger charge is -2.14. The molecule has 0 radical (unpaired) electrons. The molecular formula is C21H33IN4O2S. The Morgan fingerprint density at radius 3 is 2.52 bits per heavy atom. The number of hydrogen-bond acceptors (Lipinski definition) is 5. The molecule has 1 unspecified atom stereocenters. The van der Waals surface area contributed by atoms with Gasteiger partial charge in [0.1, 0.15) is 5.75 Å². The third-order valence-corrected chi connectivity index (χ3v) is 5.19. The first-order chi connectivity index (χ1) is 13.5. The Morgan fingerprint density at radius 1 is 1.21 bits per heavy atom. The summed E-state index contributed by atoms with van der Waals surface area (Å²) in [6, 6.07) is 7.52. The van der Waals surface area contributed by atoms with Crippen molar-refractivity contribution in [3.8, 4) is 5.75 Å². The zero-order valence-corrected chi connectivity index (χ0v) is 20.8.